The lowest BCUT2D eigenvalue weighted by molar-refractivity contribution is -0.384. The second-order valence-corrected chi connectivity index (χ2v) is 6.90. The summed E-state index contributed by atoms with van der Waals surface area (Å²) >= 11 is 1.14. The van der Waals surface area contributed by atoms with Crippen molar-refractivity contribution in [2.24, 2.45) is 10.2 Å². The van der Waals surface area contributed by atoms with Gasteiger partial charge in [0.1, 0.15) is 0 Å². The molecule has 0 spiro atoms. The van der Waals surface area contributed by atoms with Gasteiger partial charge in [-0.2, -0.15) is 4.37 Å². The predicted octanol–water partition coefficient (Wildman–Crippen LogP) is 5.52. The van der Waals surface area contributed by atoms with E-state index in [0.29, 0.717) is 28.1 Å². The van der Waals surface area contributed by atoms with Crippen LogP contribution in [0.25, 0.3) is 10.9 Å². The average molecular weight is 425 g/mol. The average Bonchev–Trinajstić information content (AvgIpc) is 3.16. The fourth-order valence-corrected chi connectivity index (χ4v) is 3.47. The number of ether oxygens (including phenoxy) is 1. The largest absolute Gasteiger partial charge is 0.435 e. The van der Waals surface area contributed by atoms with E-state index in [2.05, 4.69) is 21.2 Å². The van der Waals surface area contributed by atoms with E-state index < -0.39 is 4.92 Å². The lowest BCUT2D eigenvalue weighted by Gasteiger charge is -2.22. The highest BCUT2D eigenvalue weighted by molar-refractivity contribution is 7.11. The number of azo groups is 1. The summed E-state index contributed by atoms with van der Waals surface area (Å²) in [5.74, 6) is -0.328. The fourth-order valence-electron chi connectivity index (χ4n) is 2.78. The summed E-state index contributed by atoms with van der Waals surface area (Å²) in [5, 5.41) is 20.5. The molecular formula is C20H19N5O4S. The number of nitrogens with zero attached hydrogens (tertiary/aromatic N) is 5. The van der Waals surface area contributed by atoms with Gasteiger partial charge in [0.15, 0.2) is 5.00 Å². The minimum absolute atomic E-state index is 0.0138. The Balaban J connectivity index is 1.72. The smallest absolute Gasteiger partial charge is 0.312 e. The molecule has 30 heavy (non-hydrogen) atoms. The van der Waals surface area contributed by atoms with Gasteiger partial charge in [-0.05, 0) is 48.8 Å². The normalized spacial score (nSPS) is 11.0. The van der Waals surface area contributed by atoms with Crippen LogP contribution in [0.4, 0.5) is 22.1 Å². The van der Waals surface area contributed by atoms with Gasteiger partial charge in [-0.1, -0.05) is 6.58 Å². The van der Waals surface area contributed by atoms with Crippen LogP contribution in [0, 0.1) is 10.1 Å². The first-order chi connectivity index (χ1) is 14.5. The zero-order valence-corrected chi connectivity index (χ0v) is 17.0. The first kappa shape index (κ1) is 21.1. The highest BCUT2D eigenvalue weighted by Crippen LogP contribution is 2.34. The number of benzene rings is 2. The van der Waals surface area contributed by atoms with Crippen LogP contribution >= 0.6 is 11.5 Å². The Labute approximate surface area is 176 Å². The van der Waals surface area contributed by atoms with Crippen molar-refractivity contribution in [3.8, 4) is 0 Å². The van der Waals surface area contributed by atoms with Crippen LogP contribution in [-0.4, -0.2) is 28.4 Å². The summed E-state index contributed by atoms with van der Waals surface area (Å²) in [4.78, 5) is 24.1. The number of nitro groups is 1. The molecule has 0 amide bonds. The first-order valence-corrected chi connectivity index (χ1v) is 9.90. The van der Waals surface area contributed by atoms with Crippen LogP contribution < -0.4 is 4.90 Å². The van der Waals surface area contributed by atoms with Gasteiger partial charge in [0.05, 0.1) is 28.8 Å². The number of hydrogen-bond acceptors (Lipinski definition) is 9. The van der Waals surface area contributed by atoms with Crippen molar-refractivity contribution in [1.29, 1.82) is 0 Å². The van der Waals surface area contributed by atoms with E-state index in [4.69, 9.17) is 4.74 Å². The molecule has 0 aliphatic heterocycles. The molecule has 0 aliphatic rings. The summed E-state index contributed by atoms with van der Waals surface area (Å²) in [6.45, 7) is 6.63. The second kappa shape index (κ2) is 9.70. The van der Waals surface area contributed by atoms with Crippen molar-refractivity contribution < 1.29 is 14.5 Å². The molecule has 1 heterocycles. The molecule has 0 bridgehead atoms. The molecule has 0 unspecified atom stereocenters. The lowest BCUT2D eigenvalue weighted by Crippen LogP contribution is -2.25. The van der Waals surface area contributed by atoms with Crippen molar-refractivity contribution >= 4 is 50.5 Å². The molecule has 0 aliphatic carbocycles. The number of nitro benzene ring substituents is 1. The van der Waals surface area contributed by atoms with Gasteiger partial charge < -0.3 is 9.64 Å². The van der Waals surface area contributed by atoms with Crippen molar-refractivity contribution in [3.05, 3.63) is 65.4 Å². The van der Waals surface area contributed by atoms with Crippen LogP contribution in [0.2, 0.25) is 0 Å². The van der Waals surface area contributed by atoms with E-state index in [1.54, 1.807) is 6.07 Å². The standard InChI is InChI=1S/C20H19N5O4S/c1-3-24(12-11-19(26)29-4-2)15-7-5-14(6-8-15)21-22-20-17-13-16(25(27)28)9-10-18(17)23-30-20/h4-10,13H,2-3,11-12H2,1H3/b22-21+. The zero-order valence-electron chi connectivity index (χ0n) is 16.2. The Hall–Kier alpha value is -3.66. The van der Waals surface area contributed by atoms with Crippen molar-refractivity contribution in [2.45, 2.75) is 13.3 Å². The van der Waals surface area contributed by atoms with Crippen LogP contribution in [0.5, 0.6) is 0 Å². The molecule has 0 fully saturated rings. The van der Waals surface area contributed by atoms with Crippen LogP contribution in [0.3, 0.4) is 0 Å². The number of non-ortho nitro benzene ring substituents is 1. The maximum atomic E-state index is 11.5. The molecule has 2 aromatic carbocycles. The predicted molar refractivity (Wildman–Crippen MR) is 116 cm³/mol. The molecule has 0 radical (unpaired) electrons. The summed E-state index contributed by atoms with van der Waals surface area (Å²) in [5.41, 5.74) is 2.21. The quantitative estimate of drug-likeness (QED) is 0.147. The number of hydrogen-bond donors (Lipinski definition) is 0. The lowest BCUT2D eigenvalue weighted by atomic mass is 10.2. The van der Waals surface area contributed by atoms with Gasteiger partial charge in [0, 0.05) is 36.3 Å². The fraction of sp³-hybridized carbons (Fsp3) is 0.200. The third-order valence-electron chi connectivity index (χ3n) is 4.31. The van der Waals surface area contributed by atoms with E-state index >= 15 is 0 Å². The maximum absolute atomic E-state index is 11.5. The van der Waals surface area contributed by atoms with E-state index in [-0.39, 0.29) is 18.1 Å². The van der Waals surface area contributed by atoms with E-state index in [0.717, 1.165) is 30.0 Å². The molecule has 9 nitrogen and oxygen atoms in total. The van der Waals surface area contributed by atoms with Gasteiger partial charge in [-0.15, -0.1) is 10.2 Å². The van der Waals surface area contributed by atoms with Gasteiger partial charge in [-0.3, -0.25) is 14.9 Å². The first-order valence-electron chi connectivity index (χ1n) is 9.12. The van der Waals surface area contributed by atoms with Crippen molar-refractivity contribution in [1.82, 2.24) is 4.37 Å². The zero-order chi connectivity index (χ0) is 21.5. The number of carbonyl (C=O) groups is 1. The number of carbonyl (C=O) groups excluding carboxylic acids is 1. The topological polar surface area (TPSA) is 110 Å². The molecule has 0 N–H and O–H groups in total. The SMILES string of the molecule is C=COC(=O)CCN(CC)c1ccc(/N=N/c2snc3ccc([N+](=O)[O-])cc23)cc1. The van der Waals surface area contributed by atoms with E-state index in [1.165, 1.54) is 12.1 Å². The molecule has 10 heteroatoms. The Morgan fingerprint density at radius 3 is 2.73 bits per heavy atom. The number of aromatic nitrogens is 1. The molecule has 0 atom stereocenters. The Bertz CT molecular complexity index is 1090. The van der Waals surface area contributed by atoms with Crippen LogP contribution in [0.1, 0.15) is 13.3 Å². The number of rotatable bonds is 9. The molecule has 3 aromatic rings. The minimum Gasteiger partial charge on any atom is -0.435 e. The van der Waals surface area contributed by atoms with Crippen LogP contribution in [-0.2, 0) is 9.53 Å². The highest BCUT2D eigenvalue weighted by atomic mass is 32.1. The molecular weight excluding hydrogens is 406 g/mol. The molecule has 0 saturated heterocycles. The highest BCUT2D eigenvalue weighted by Gasteiger charge is 2.12. The third-order valence-corrected chi connectivity index (χ3v) is 5.07. The van der Waals surface area contributed by atoms with Gasteiger partial charge in [-0.25, -0.2) is 0 Å². The second-order valence-electron chi connectivity index (χ2n) is 6.15. The van der Waals surface area contributed by atoms with Crippen molar-refractivity contribution in [3.63, 3.8) is 0 Å². The number of esters is 1. The van der Waals surface area contributed by atoms with Gasteiger partial charge in [0.25, 0.3) is 5.69 Å². The van der Waals surface area contributed by atoms with E-state index in [1.807, 2.05) is 36.1 Å². The Kier molecular flexibility index (Phi) is 6.81. The van der Waals surface area contributed by atoms with Gasteiger partial charge >= 0.3 is 5.97 Å². The Morgan fingerprint density at radius 2 is 2.07 bits per heavy atom. The number of anilines is 1. The summed E-state index contributed by atoms with van der Waals surface area (Å²) < 4.78 is 8.98. The minimum atomic E-state index is -0.451. The van der Waals surface area contributed by atoms with Gasteiger partial charge in [0.2, 0.25) is 0 Å². The third kappa shape index (κ3) is 5.03. The molecule has 3 rings (SSSR count). The summed E-state index contributed by atoms with van der Waals surface area (Å²) in [6.07, 6.45) is 1.38. The van der Waals surface area contributed by atoms with Crippen molar-refractivity contribution in [2.75, 3.05) is 18.0 Å². The Morgan fingerprint density at radius 1 is 1.30 bits per heavy atom. The molecule has 0 saturated carbocycles. The number of fused-ring (bicyclic) bond motifs is 1. The summed E-state index contributed by atoms with van der Waals surface area (Å²) in [7, 11) is 0. The molecule has 154 valence electrons. The van der Waals surface area contributed by atoms with E-state index in [9.17, 15) is 14.9 Å². The summed E-state index contributed by atoms with van der Waals surface area (Å²) in [6, 6.07) is 11.9. The van der Waals surface area contributed by atoms with Crippen LogP contribution in [0.15, 0.2) is 65.5 Å². The maximum Gasteiger partial charge on any atom is 0.312 e. The monoisotopic (exact) mass is 425 g/mol. The molecule has 1 aromatic heterocycles.